The highest BCUT2D eigenvalue weighted by molar-refractivity contribution is 5.89. The van der Waals surface area contributed by atoms with E-state index in [4.69, 9.17) is 4.74 Å². The first-order chi connectivity index (χ1) is 13.0. The van der Waals surface area contributed by atoms with Crippen molar-refractivity contribution in [2.75, 3.05) is 32.0 Å². The minimum absolute atomic E-state index is 0.227. The van der Waals surface area contributed by atoms with Crippen molar-refractivity contribution in [1.29, 1.82) is 0 Å². The summed E-state index contributed by atoms with van der Waals surface area (Å²) < 4.78 is 7.17. The summed E-state index contributed by atoms with van der Waals surface area (Å²) in [5.74, 6) is 0.584. The average Bonchev–Trinajstić information content (AvgIpc) is 3.15. The van der Waals surface area contributed by atoms with Crippen LogP contribution >= 0.6 is 0 Å². The number of rotatable bonds is 2. The van der Waals surface area contributed by atoms with Gasteiger partial charge in [0.15, 0.2) is 0 Å². The van der Waals surface area contributed by atoms with Crippen LogP contribution in [-0.4, -0.2) is 69.0 Å². The summed E-state index contributed by atoms with van der Waals surface area (Å²) in [7, 11) is 3.48. The van der Waals surface area contributed by atoms with Crippen LogP contribution < -0.4 is 5.32 Å². The molecule has 0 saturated carbocycles. The Balaban J connectivity index is 1.46. The van der Waals surface area contributed by atoms with Crippen LogP contribution in [0.4, 0.5) is 15.4 Å². The first kappa shape index (κ1) is 17.3. The lowest BCUT2D eigenvalue weighted by atomic mass is 9.93. The predicted molar refractivity (Wildman–Crippen MR) is 98.1 cm³/mol. The summed E-state index contributed by atoms with van der Waals surface area (Å²) in [6.45, 7) is 1.52. The van der Waals surface area contributed by atoms with Crippen LogP contribution in [0.5, 0.6) is 0 Å². The largest absolute Gasteiger partial charge is 0.439 e. The molecule has 142 valence electrons. The molecule has 1 atom stereocenters. The van der Waals surface area contributed by atoms with Crippen molar-refractivity contribution in [3.63, 3.8) is 0 Å². The molecule has 0 aliphatic carbocycles. The maximum Gasteiger partial charge on any atom is 0.410 e. The lowest BCUT2D eigenvalue weighted by molar-refractivity contribution is 0.00495. The number of ether oxygens (including phenoxy) is 1. The molecule has 0 aromatic carbocycles. The van der Waals surface area contributed by atoms with E-state index in [0.29, 0.717) is 31.1 Å². The normalized spacial score (nSPS) is 22.2. The van der Waals surface area contributed by atoms with Gasteiger partial charge in [0.05, 0.1) is 18.8 Å². The van der Waals surface area contributed by atoms with Crippen LogP contribution in [0.15, 0.2) is 30.5 Å². The lowest BCUT2D eigenvalue weighted by Crippen LogP contribution is -2.53. The molecule has 1 N–H and O–H groups in total. The second-order valence-corrected chi connectivity index (χ2v) is 7.12. The van der Waals surface area contributed by atoms with Gasteiger partial charge in [-0.15, -0.1) is 0 Å². The van der Waals surface area contributed by atoms with Crippen molar-refractivity contribution in [3.8, 4) is 11.4 Å². The number of amides is 3. The fourth-order valence-electron chi connectivity index (χ4n) is 3.69. The molecular weight excluding hydrogens is 348 g/mol. The number of carbonyl (C=O) groups excluding carboxylic acids is 2. The predicted octanol–water partition coefficient (Wildman–Crippen LogP) is 1.93. The zero-order valence-electron chi connectivity index (χ0n) is 15.4. The summed E-state index contributed by atoms with van der Waals surface area (Å²) in [5, 5.41) is 7.32. The number of anilines is 1. The van der Waals surface area contributed by atoms with Crippen LogP contribution in [0.3, 0.4) is 0 Å². The van der Waals surface area contributed by atoms with E-state index < -0.39 is 5.60 Å². The van der Waals surface area contributed by atoms with E-state index in [-0.39, 0.29) is 12.1 Å². The summed E-state index contributed by atoms with van der Waals surface area (Å²) in [5.41, 5.74) is 0.828. The standard InChI is InChI=1S/C18H22N6O3/c1-22-11-18(27-17(22)26)7-5-9-24(12-18)16(25)20-15-10-14(21-23(15)2)13-6-3-4-8-19-13/h3-4,6,8,10H,5,7,9,11-12H2,1-2H3,(H,20,25)/t18-/m1/s1. The molecule has 0 radical (unpaired) electrons. The third kappa shape index (κ3) is 3.32. The molecule has 4 rings (SSSR count). The van der Waals surface area contributed by atoms with E-state index in [1.54, 1.807) is 40.8 Å². The van der Waals surface area contributed by atoms with Crippen molar-refractivity contribution in [1.82, 2.24) is 24.6 Å². The lowest BCUT2D eigenvalue weighted by Gasteiger charge is -2.38. The summed E-state index contributed by atoms with van der Waals surface area (Å²) in [4.78, 5) is 32.1. The molecule has 27 heavy (non-hydrogen) atoms. The topological polar surface area (TPSA) is 92.6 Å². The van der Waals surface area contributed by atoms with Crippen LogP contribution in [-0.2, 0) is 11.8 Å². The molecule has 2 aliphatic heterocycles. The van der Waals surface area contributed by atoms with Crippen LogP contribution in [0.2, 0.25) is 0 Å². The zero-order chi connectivity index (χ0) is 19.0. The second-order valence-electron chi connectivity index (χ2n) is 7.12. The Labute approximate surface area is 156 Å². The van der Waals surface area contributed by atoms with Gasteiger partial charge < -0.3 is 14.5 Å². The second kappa shape index (κ2) is 6.57. The smallest absolute Gasteiger partial charge is 0.410 e. The van der Waals surface area contributed by atoms with Crippen LogP contribution in [0.1, 0.15) is 12.8 Å². The van der Waals surface area contributed by atoms with Gasteiger partial charge in [-0.1, -0.05) is 6.07 Å². The Morgan fingerprint density at radius 3 is 2.81 bits per heavy atom. The molecule has 9 nitrogen and oxygen atoms in total. The Hall–Kier alpha value is -3.10. The number of aromatic nitrogens is 3. The van der Waals surface area contributed by atoms with Gasteiger partial charge in [-0.3, -0.25) is 15.0 Å². The maximum atomic E-state index is 12.8. The Kier molecular flexibility index (Phi) is 4.21. The fourth-order valence-corrected chi connectivity index (χ4v) is 3.69. The van der Waals surface area contributed by atoms with E-state index >= 15 is 0 Å². The number of hydrogen-bond acceptors (Lipinski definition) is 5. The highest BCUT2D eigenvalue weighted by Crippen LogP contribution is 2.31. The number of aryl methyl sites for hydroxylation is 1. The van der Waals surface area contributed by atoms with Gasteiger partial charge in [0.25, 0.3) is 0 Å². The number of pyridine rings is 1. The molecule has 2 aliphatic rings. The maximum absolute atomic E-state index is 12.8. The summed E-state index contributed by atoms with van der Waals surface area (Å²) in [6, 6.07) is 7.17. The molecular formula is C18H22N6O3. The van der Waals surface area contributed by atoms with Gasteiger partial charge in [0.1, 0.15) is 17.1 Å². The molecule has 0 bridgehead atoms. The molecule has 2 aromatic rings. The number of likely N-dealkylation sites (tertiary alicyclic amines) is 1. The highest BCUT2D eigenvalue weighted by atomic mass is 16.6. The number of nitrogens with zero attached hydrogens (tertiary/aromatic N) is 5. The first-order valence-corrected chi connectivity index (χ1v) is 8.91. The Morgan fingerprint density at radius 2 is 2.11 bits per heavy atom. The molecule has 2 aromatic heterocycles. The van der Waals surface area contributed by atoms with Gasteiger partial charge in [-0.25, -0.2) is 9.59 Å². The zero-order valence-corrected chi connectivity index (χ0v) is 15.4. The molecule has 0 unspecified atom stereocenters. The molecule has 1 spiro atoms. The van der Waals surface area contributed by atoms with Crippen LogP contribution in [0.25, 0.3) is 11.4 Å². The number of piperidine rings is 1. The quantitative estimate of drug-likeness (QED) is 0.872. The number of hydrogen-bond donors (Lipinski definition) is 1. The fraction of sp³-hybridized carbons (Fsp3) is 0.444. The van der Waals surface area contributed by atoms with Gasteiger partial charge in [0.2, 0.25) is 0 Å². The molecule has 2 saturated heterocycles. The van der Waals surface area contributed by atoms with E-state index in [1.165, 1.54) is 0 Å². The number of nitrogens with one attached hydrogen (secondary N) is 1. The van der Waals surface area contributed by atoms with Crippen LogP contribution in [0, 0.1) is 0 Å². The van der Waals surface area contributed by atoms with Crippen molar-refractivity contribution in [2.45, 2.75) is 18.4 Å². The third-order valence-electron chi connectivity index (χ3n) is 5.01. The van der Waals surface area contributed by atoms with E-state index in [2.05, 4.69) is 15.4 Å². The van der Waals surface area contributed by atoms with E-state index in [0.717, 1.165) is 18.5 Å². The number of carbonyl (C=O) groups is 2. The molecule has 4 heterocycles. The van der Waals surface area contributed by atoms with Gasteiger partial charge >= 0.3 is 12.1 Å². The van der Waals surface area contributed by atoms with Gasteiger partial charge in [0, 0.05) is 32.9 Å². The number of urea groups is 1. The molecule has 9 heteroatoms. The van der Waals surface area contributed by atoms with E-state index in [1.807, 2.05) is 18.2 Å². The van der Waals surface area contributed by atoms with Crippen molar-refractivity contribution in [2.24, 2.45) is 7.05 Å². The van der Waals surface area contributed by atoms with E-state index in [9.17, 15) is 9.59 Å². The van der Waals surface area contributed by atoms with Gasteiger partial charge in [-0.05, 0) is 25.0 Å². The van der Waals surface area contributed by atoms with Crippen molar-refractivity contribution >= 4 is 17.9 Å². The summed E-state index contributed by atoms with van der Waals surface area (Å²) >= 11 is 0. The molecule has 3 amide bonds. The monoisotopic (exact) mass is 370 g/mol. The highest BCUT2D eigenvalue weighted by Gasteiger charge is 2.47. The first-order valence-electron chi connectivity index (χ1n) is 8.91. The SMILES string of the molecule is CN1C[C@@]2(CCCN(C(=O)Nc3cc(-c4ccccn4)nn3C)C2)OC1=O. The average molecular weight is 370 g/mol. The Bertz CT molecular complexity index is 867. The minimum atomic E-state index is -0.604. The Morgan fingerprint density at radius 1 is 1.26 bits per heavy atom. The van der Waals surface area contributed by atoms with Gasteiger partial charge in [-0.2, -0.15) is 5.10 Å². The minimum Gasteiger partial charge on any atom is -0.439 e. The summed E-state index contributed by atoms with van der Waals surface area (Å²) in [6.07, 6.45) is 2.93. The third-order valence-corrected chi connectivity index (χ3v) is 5.01. The van der Waals surface area contributed by atoms with Crippen molar-refractivity contribution < 1.29 is 14.3 Å². The molecule has 2 fully saturated rings. The number of likely N-dealkylation sites (N-methyl/N-ethyl adjacent to an activating group) is 1. The van der Waals surface area contributed by atoms with Crippen molar-refractivity contribution in [3.05, 3.63) is 30.5 Å².